The first-order valence-electron chi connectivity index (χ1n) is 5.00. The predicted octanol–water partition coefficient (Wildman–Crippen LogP) is 0.782. The summed E-state index contributed by atoms with van der Waals surface area (Å²) in [5.41, 5.74) is -0.409. The zero-order valence-electron chi connectivity index (χ0n) is 9.50. The van der Waals surface area contributed by atoms with E-state index in [4.69, 9.17) is 9.84 Å². The Kier molecular flexibility index (Phi) is 5.93. The van der Waals surface area contributed by atoms with Gasteiger partial charge in [0.25, 0.3) is 0 Å². The molecule has 0 saturated heterocycles. The summed E-state index contributed by atoms with van der Waals surface area (Å²) >= 11 is 0. The second kappa shape index (κ2) is 6.40. The van der Waals surface area contributed by atoms with Gasteiger partial charge < -0.3 is 15.2 Å². The highest BCUT2D eigenvalue weighted by molar-refractivity contribution is 5.80. The zero-order valence-corrected chi connectivity index (χ0v) is 9.50. The van der Waals surface area contributed by atoms with Gasteiger partial charge in [-0.15, -0.1) is 0 Å². The smallest absolute Gasteiger partial charge is 0.303 e. The first-order chi connectivity index (χ1) is 6.87. The lowest BCUT2D eigenvalue weighted by Gasteiger charge is -2.24. The third kappa shape index (κ3) is 7.93. The average Bonchev–Trinajstić information content (AvgIpc) is 2.11. The molecule has 0 rings (SSSR count). The van der Waals surface area contributed by atoms with Gasteiger partial charge in [-0.25, -0.2) is 0 Å². The van der Waals surface area contributed by atoms with E-state index in [1.54, 1.807) is 0 Å². The van der Waals surface area contributed by atoms with Gasteiger partial charge in [0, 0.05) is 19.6 Å². The van der Waals surface area contributed by atoms with Crippen LogP contribution in [0.5, 0.6) is 0 Å². The van der Waals surface area contributed by atoms with E-state index in [2.05, 4.69) is 5.32 Å². The van der Waals surface area contributed by atoms with Crippen LogP contribution in [0.2, 0.25) is 0 Å². The molecule has 5 nitrogen and oxygen atoms in total. The van der Waals surface area contributed by atoms with Crippen LogP contribution in [-0.2, 0) is 14.3 Å². The summed E-state index contributed by atoms with van der Waals surface area (Å²) in [7, 11) is 0. The van der Waals surface area contributed by atoms with E-state index < -0.39 is 11.6 Å². The van der Waals surface area contributed by atoms with Crippen LogP contribution in [0, 0.1) is 0 Å². The highest BCUT2D eigenvalue weighted by Crippen LogP contribution is 2.06. The van der Waals surface area contributed by atoms with Gasteiger partial charge in [0.05, 0.1) is 12.0 Å². The van der Waals surface area contributed by atoms with Crippen LogP contribution in [0.1, 0.15) is 33.6 Å². The molecular formula is C10H19NO4. The molecule has 0 bridgehead atoms. The lowest BCUT2D eigenvalue weighted by molar-refractivity contribution is -0.139. The van der Waals surface area contributed by atoms with Crippen LogP contribution >= 0.6 is 0 Å². The van der Waals surface area contributed by atoms with Crippen LogP contribution in [-0.4, -0.2) is 35.7 Å². The van der Waals surface area contributed by atoms with Crippen molar-refractivity contribution in [3.8, 4) is 0 Å². The van der Waals surface area contributed by atoms with E-state index in [1.165, 1.54) is 0 Å². The second-order valence-electron chi connectivity index (χ2n) is 3.86. The van der Waals surface area contributed by atoms with Gasteiger partial charge in [-0.2, -0.15) is 0 Å². The monoisotopic (exact) mass is 217 g/mol. The maximum absolute atomic E-state index is 11.2. The van der Waals surface area contributed by atoms with Crippen molar-refractivity contribution in [3.63, 3.8) is 0 Å². The first-order valence-corrected chi connectivity index (χ1v) is 5.00. The summed E-state index contributed by atoms with van der Waals surface area (Å²) in [6, 6.07) is 0. The van der Waals surface area contributed by atoms with Crippen molar-refractivity contribution in [1.82, 2.24) is 5.32 Å². The van der Waals surface area contributed by atoms with Gasteiger partial charge >= 0.3 is 5.97 Å². The standard InChI is InChI=1S/C10H19NO4/c1-4-15-10(2,3)7-11-8(12)5-6-9(13)14/h4-7H2,1-3H3,(H,11,12)(H,13,14). The largest absolute Gasteiger partial charge is 0.481 e. The summed E-state index contributed by atoms with van der Waals surface area (Å²) in [4.78, 5) is 21.4. The molecule has 0 spiro atoms. The van der Waals surface area contributed by atoms with Crippen LogP contribution in [0.3, 0.4) is 0 Å². The fourth-order valence-electron chi connectivity index (χ4n) is 1.06. The maximum Gasteiger partial charge on any atom is 0.303 e. The summed E-state index contributed by atoms with van der Waals surface area (Å²) in [6.07, 6.45) is -0.127. The van der Waals surface area contributed by atoms with Gasteiger partial charge in [0.15, 0.2) is 0 Å². The highest BCUT2D eigenvalue weighted by atomic mass is 16.5. The number of rotatable bonds is 7. The molecule has 5 heteroatoms. The number of amides is 1. The number of carboxylic acid groups (broad SMARTS) is 1. The number of hydrogen-bond acceptors (Lipinski definition) is 3. The molecule has 0 aromatic carbocycles. The van der Waals surface area contributed by atoms with Crippen LogP contribution in [0.4, 0.5) is 0 Å². The van der Waals surface area contributed by atoms with Gasteiger partial charge in [0.1, 0.15) is 0 Å². The van der Waals surface area contributed by atoms with Crippen molar-refractivity contribution < 1.29 is 19.4 Å². The molecule has 0 unspecified atom stereocenters. The number of carbonyl (C=O) groups is 2. The Morgan fingerprint density at radius 1 is 1.33 bits per heavy atom. The lowest BCUT2D eigenvalue weighted by atomic mass is 10.1. The second-order valence-corrected chi connectivity index (χ2v) is 3.86. The third-order valence-electron chi connectivity index (χ3n) is 1.81. The molecule has 0 aliphatic rings. The van der Waals surface area contributed by atoms with E-state index in [-0.39, 0.29) is 18.7 Å². The minimum Gasteiger partial charge on any atom is -0.481 e. The molecule has 0 aromatic rings. The summed E-state index contributed by atoms with van der Waals surface area (Å²) in [5, 5.41) is 11.0. The number of carbonyl (C=O) groups excluding carboxylic acids is 1. The molecule has 1 amide bonds. The Hall–Kier alpha value is -1.10. The molecule has 2 N–H and O–H groups in total. The third-order valence-corrected chi connectivity index (χ3v) is 1.81. The Balaban J connectivity index is 3.74. The Labute approximate surface area is 89.8 Å². The summed E-state index contributed by atoms with van der Waals surface area (Å²) < 4.78 is 5.37. The molecule has 88 valence electrons. The molecule has 0 heterocycles. The van der Waals surface area contributed by atoms with Crippen molar-refractivity contribution in [2.75, 3.05) is 13.2 Å². The van der Waals surface area contributed by atoms with Crippen LogP contribution < -0.4 is 5.32 Å². The number of nitrogens with one attached hydrogen (secondary N) is 1. The molecule has 0 saturated carbocycles. The van der Waals surface area contributed by atoms with Crippen molar-refractivity contribution in [2.45, 2.75) is 39.2 Å². The lowest BCUT2D eigenvalue weighted by Crippen LogP contribution is -2.40. The van der Waals surface area contributed by atoms with Gasteiger partial charge in [-0.05, 0) is 20.8 Å². The normalized spacial score (nSPS) is 11.1. The molecular weight excluding hydrogens is 198 g/mol. The zero-order chi connectivity index (χ0) is 11.9. The molecule has 15 heavy (non-hydrogen) atoms. The van der Waals surface area contributed by atoms with E-state index in [1.807, 2.05) is 20.8 Å². The number of ether oxygens (including phenoxy) is 1. The molecule has 0 fully saturated rings. The van der Waals surface area contributed by atoms with Crippen LogP contribution in [0.25, 0.3) is 0 Å². The van der Waals surface area contributed by atoms with E-state index in [0.29, 0.717) is 13.2 Å². The van der Waals surface area contributed by atoms with Gasteiger partial charge in [-0.1, -0.05) is 0 Å². The number of carboxylic acids is 1. The molecule has 0 aliphatic heterocycles. The fourth-order valence-corrected chi connectivity index (χ4v) is 1.06. The average molecular weight is 217 g/mol. The topological polar surface area (TPSA) is 75.6 Å². The maximum atomic E-state index is 11.2. The summed E-state index contributed by atoms with van der Waals surface area (Å²) in [6.45, 7) is 6.59. The van der Waals surface area contributed by atoms with Crippen LogP contribution in [0.15, 0.2) is 0 Å². The fraction of sp³-hybridized carbons (Fsp3) is 0.800. The van der Waals surface area contributed by atoms with E-state index in [9.17, 15) is 9.59 Å². The van der Waals surface area contributed by atoms with Gasteiger partial charge in [0.2, 0.25) is 5.91 Å². The predicted molar refractivity (Wildman–Crippen MR) is 55.6 cm³/mol. The van der Waals surface area contributed by atoms with Crippen molar-refractivity contribution in [2.24, 2.45) is 0 Å². The minimum atomic E-state index is -0.964. The SMILES string of the molecule is CCOC(C)(C)CNC(=O)CCC(=O)O. The van der Waals surface area contributed by atoms with E-state index in [0.717, 1.165) is 0 Å². The van der Waals surface area contributed by atoms with Crippen molar-refractivity contribution in [1.29, 1.82) is 0 Å². The van der Waals surface area contributed by atoms with Crippen molar-refractivity contribution in [3.05, 3.63) is 0 Å². The Morgan fingerprint density at radius 2 is 1.93 bits per heavy atom. The highest BCUT2D eigenvalue weighted by Gasteiger charge is 2.18. The number of aliphatic carboxylic acids is 1. The first kappa shape index (κ1) is 13.9. The summed E-state index contributed by atoms with van der Waals surface area (Å²) in [5.74, 6) is -1.22. The van der Waals surface area contributed by atoms with E-state index >= 15 is 0 Å². The molecule has 0 aliphatic carbocycles. The quantitative estimate of drug-likeness (QED) is 0.661. The molecule has 0 aromatic heterocycles. The van der Waals surface area contributed by atoms with Gasteiger partial charge in [-0.3, -0.25) is 9.59 Å². The molecule has 0 radical (unpaired) electrons. The Bertz CT molecular complexity index is 225. The molecule has 0 atom stereocenters. The minimum absolute atomic E-state index is 0.0114. The Morgan fingerprint density at radius 3 is 2.40 bits per heavy atom. The van der Waals surface area contributed by atoms with Crippen molar-refractivity contribution >= 4 is 11.9 Å². The number of hydrogen-bond donors (Lipinski definition) is 2.